The molecule has 1 aliphatic rings. The molecule has 0 radical (unpaired) electrons. The van der Waals surface area contributed by atoms with Gasteiger partial charge >= 0.3 is 5.97 Å². The summed E-state index contributed by atoms with van der Waals surface area (Å²) in [6.45, 7) is 0.447. The Balaban J connectivity index is 1.67. The Morgan fingerprint density at radius 1 is 1.12 bits per heavy atom. The fraction of sp³-hybridized carbons (Fsp3) is 0.286. The highest BCUT2D eigenvalue weighted by Crippen LogP contribution is 2.40. The van der Waals surface area contributed by atoms with E-state index in [-0.39, 0.29) is 5.92 Å². The van der Waals surface area contributed by atoms with E-state index in [9.17, 15) is 9.90 Å². The minimum absolute atomic E-state index is 0.215. The van der Waals surface area contributed by atoms with Crippen LogP contribution in [-0.4, -0.2) is 11.1 Å². The highest BCUT2D eigenvalue weighted by Gasteiger charge is 2.29. The smallest absolute Gasteiger partial charge is 0.339 e. The highest BCUT2D eigenvalue weighted by atomic mass is 16.5. The molecule has 0 amide bonds. The number of carboxylic acid groups (broad SMARTS) is 1. The Hall–Kier alpha value is -2.75. The Labute approximate surface area is 146 Å². The second kappa shape index (κ2) is 6.63. The molecule has 4 nitrogen and oxygen atoms in total. The van der Waals surface area contributed by atoms with Crippen molar-refractivity contribution < 1.29 is 19.1 Å². The summed E-state index contributed by atoms with van der Waals surface area (Å²) in [7, 11) is 0. The van der Waals surface area contributed by atoms with Gasteiger partial charge in [-0.2, -0.15) is 0 Å². The number of fused-ring (bicyclic) bond motifs is 1. The standard InChI is InChI=1S/C21H20O4/c22-21(23)19-17-12-16(24-13-14-6-2-1-3-7-14)10-11-18(17)25-20(19)15-8-4-5-9-15/h1-3,6-7,10-12,15H,4-5,8-9,13H2,(H,22,23). The van der Waals surface area contributed by atoms with Crippen molar-refractivity contribution in [2.24, 2.45) is 0 Å². The predicted octanol–water partition coefficient (Wildman–Crippen LogP) is 5.37. The number of hydrogen-bond acceptors (Lipinski definition) is 3. The first-order chi connectivity index (χ1) is 12.2. The van der Waals surface area contributed by atoms with Crippen LogP contribution in [0.1, 0.15) is 53.3 Å². The highest BCUT2D eigenvalue weighted by molar-refractivity contribution is 6.04. The van der Waals surface area contributed by atoms with Crippen molar-refractivity contribution >= 4 is 16.9 Å². The van der Waals surface area contributed by atoms with Crippen molar-refractivity contribution in [1.29, 1.82) is 0 Å². The van der Waals surface area contributed by atoms with Gasteiger partial charge in [0.1, 0.15) is 29.3 Å². The molecule has 4 heteroatoms. The van der Waals surface area contributed by atoms with Crippen LogP contribution in [-0.2, 0) is 6.61 Å². The molecule has 1 aromatic heterocycles. The molecule has 1 aliphatic carbocycles. The summed E-state index contributed by atoms with van der Waals surface area (Å²) in [6, 6.07) is 15.3. The molecule has 1 saturated carbocycles. The molecular formula is C21H20O4. The summed E-state index contributed by atoms with van der Waals surface area (Å²) in [5.74, 6) is 0.561. The molecular weight excluding hydrogens is 316 g/mol. The first kappa shape index (κ1) is 15.8. The minimum atomic E-state index is -0.930. The summed E-state index contributed by atoms with van der Waals surface area (Å²) >= 11 is 0. The fourth-order valence-electron chi connectivity index (χ4n) is 3.62. The van der Waals surface area contributed by atoms with Gasteiger partial charge in [-0.15, -0.1) is 0 Å². The van der Waals surface area contributed by atoms with Gasteiger partial charge in [-0.3, -0.25) is 0 Å². The topological polar surface area (TPSA) is 59.7 Å². The van der Waals surface area contributed by atoms with Crippen molar-refractivity contribution in [3.05, 3.63) is 65.4 Å². The second-order valence-corrected chi connectivity index (χ2v) is 6.56. The van der Waals surface area contributed by atoms with E-state index >= 15 is 0 Å². The number of benzene rings is 2. The third kappa shape index (κ3) is 3.12. The Morgan fingerprint density at radius 2 is 1.88 bits per heavy atom. The molecule has 0 unspecified atom stereocenters. The van der Waals surface area contributed by atoms with E-state index in [0.717, 1.165) is 31.2 Å². The lowest BCUT2D eigenvalue weighted by atomic mass is 9.99. The number of rotatable bonds is 5. The Morgan fingerprint density at radius 3 is 2.60 bits per heavy atom. The van der Waals surface area contributed by atoms with Crippen LogP contribution in [0.2, 0.25) is 0 Å². The maximum atomic E-state index is 11.8. The van der Waals surface area contributed by atoms with Crippen molar-refractivity contribution in [3.8, 4) is 5.75 Å². The van der Waals surface area contributed by atoms with Crippen LogP contribution in [0, 0.1) is 0 Å². The lowest BCUT2D eigenvalue weighted by molar-refractivity contribution is 0.0695. The van der Waals surface area contributed by atoms with Gasteiger partial charge in [-0.25, -0.2) is 4.79 Å². The van der Waals surface area contributed by atoms with Crippen LogP contribution >= 0.6 is 0 Å². The third-order valence-corrected chi connectivity index (χ3v) is 4.87. The molecule has 128 valence electrons. The lowest BCUT2D eigenvalue weighted by Gasteiger charge is -2.06. The second-order valence-electron chi connectivity index (χ2n) is 6.56. The quantitative estimate of drug-likeness (QED) is 0.680. The van der Waals surface area contributed by atoms with Gasteiger partial charge in [-0.05, 0) is 36.6 Å². The van der Waals surface area contributed by atoms with Gasteiger partial charge in [0.25, 0.3) is 0 Å². The SMILES string of the molecule is O=C(O)c1c(C2CCCC2)oc2ccc(OCc3ccccc3)cc12. The van der Waals surface area contributed by atoms with E-state index in [0.29, 0.717) is 34.6 Å². The van der Waals surface area contributed by atoms with Crippen molar-refractivity contribution in [2.75, 3.05) is 0 Å². The molecule has 2 aromatic carbocycles. The molecule has 0 atom stereocenters. The van der Waals surface area contributed by atoms with E-state index in [1.165, 1.54) is 0 Å². The molecule has 4 rings (SSSR count). The summed E-state index contributed by atoms with van der Waals surface area (Å²) < 4.78 is 11.8. The first-order valence-electron chi connectivity index (χ1n) is 8.69. The fourth-order valence-corrected chi connectivity index (χ4v) is 3.62. The monoisotopic (exact) mass is 336 g/mol. The van der Waals surface area contributed by atoms with E-state index in [4.69, 9.17) is 9.15 Å². The number of furan rings is 1. The van der Waals surface area contributed by atoms with Gasteiger partial charge in [0.15, 0.2) is 0 Å². The van der Waals surface area contributed by atoms with Gasteiger partial charge in [0, 0.05) is 11.3 Å². The molecule has 0 saturated heterocycles. The molecule has 1 N–H and O–H groups in total. The Kier molecular flexibility index (Phi) is 4.18. The number of hydrogen-bond donors (Lipinski definition) is 1. The molecule has 3 aromatic rings. The van der Waals surface area contributed by atoms with Gasteiger partial charge in [0.2, 0.25) is 0 Å². The zero-order valence-electron chi connectivity index (χ0n) is 13.9. The number of carboxylic acids is 1. The van der Waals surface area contributed by atoms with E-state index < -0.39 is 5.97 Å². The summed E-state index contributed by atoms with van der Waals surface area (Å²) in [4.78, 5) is 11.8. The van der Waals surface area contributed by atoms with Crippen molar-refractivity contribution in [1.82, 2.24) is 0 Å². The molecule has 25 heavy (non-hydrogen) atoms. The van der Waals surface area contributed by atoms with Crippen molar-refractivity contribution in [3.63, 3.8) is 0 Å². The van der Waals surface area contributed by atoms with Gasteiger partial charge in [-0.1, -0.05) is 43.2 Å². The maximum absolute atomic E-state index is 11.8. The molecule has 0 bridgehead atoms. The molecule has 1 heterocycles. The van der Waals surface area contributed by atoms with Gasteiger partial charge < -0.3 is 14.3 Å². The molecule has 1 fully saturated rings. The largest absolute Gasteiger partial charge is 0.489 e. The molecule has 0 spiro atoms. The van der Waals surface area contributed by atoms with Gasteiger partial charge in [0.05, 0.1) is 0 Å². The average molecular weight is 336 g/mol. The van der Waals surface area contributed by atoms with Crippen molar-refractivity contribution in [2.45, 2.75) is 38.2 Å². The normalized spacial score (nSPS) is 14.9. The zero-order valence-corrected chi connectivity index (χ0v) is 13.9. The average Bonchev–Trinajstić information content (AvgIpc) is 3.27. The number of ether oxygens (including phenoxy) is 1. The van der Waals surface area contributed by atoms with Crippen LogP contribution in [0.25, 0.3) is 11.0 Å². The van der Waals surface area contributed by atoms with Crippen LogP contribution in [0.15, 0.2) is 52.9 Å². The zero-order chi connectivity index (χ0) is 17.2. The van der Waals surface area contributed by atoms with E-state index in [2.05, 4.69) is 0 Å². The minimum Gasteiger partial charge on any atom is -0.489 e. The summed E-state index contributed by atoms with van der Waals surface area (Å²) in [5.41, 5.74) is 1.98. The first-order valence-corrected chi connectivity index (χ1v) is 8.69. The number of aromatic carboxylic acids is 1. The van der Waals surface area contributed by atoms with Crippen LogP contribution in [0.3, 0.4) is 0 Å². The summed E-state index contributed by atoms with van der Waals surface area (Å²) in [6.07, 6.45) is 4.26. The maximum Gasteiger partial charge on any atom is 0.339 e. The van der Waals surface area contributed by atoms with Crippen LogP contribution in [0.4, 0.5) is 0 Å². The Bertz CT molecular complexity index is 889. The lowest BCUT2D eigenvalue weighted by Crippen LogP contribution is -2.02. The third-order valence-electron chi connectivity index (χ3n) is 4.87. The van der Waals surface area contributed by atoms with E-state index in [1.54, 1.807) is 12.1 Å². The molecule has 0 aliphatic heterocycles. The number of carbonyl (C=O) groups is 1. The summed E-state index contributed by atoms with van der Waals surface area (Å²) in [5, 5.41) is 10.3. The van der Waals surface area contributed by atoms with E-state index in [1.807, 2.05) is 36.4 Å². The van der Waals surface area contributed by atoms with Crippen LogP contribution < -0.4 is 4.74 Å². The van der Waals surface area contributed by atoms with Crippen LogP contribution in [0.5, 0.6) is 5.75 Å². The predicted molar refractivity (Wildman–Crippen MR) is 95.2 cm³/mol.